The molecule has 8 rings (SSSR count). The van der Waals surface area contributed by atoms with E-state index in [1.165, 1.54) is 4.90 Å². The molecule has 4 aromatic rings. The van der Waals surface area contributed by atoms with Gasteiger partial charge in [-0.1, -0.05) is 66.7 Å². The predicted molar refractivity (Wildman–Crippen MR) is 147 cm³/mol. The highest BCUT2D eigenvalue weighted by Crippen LogP contribution is 2.63. The van der Waals surface area contributed by atoms with Gasteiger partial charge in [-0.15, -0.1) is 0 Å². The number of anilines is 1. The molecule has 1 fully saturated rings. The lowest BCUT2D eigenvalue weighted by Gasteiger charge is -2.52. The van der Waals surface area contributed by atoms with Gasteiger partial charge in [0.05, 0.1) is 35.7 Å². The molecule has 0 saturated carbocycles. The fourth-order valence-electron chi connectivity index (χ4n) is 6.92. The first-order chi connectivity index (χ1) is 18.6. The minimum atomic E-state index is -0.872. The first-order valence-electron chi connectivity index (χ1n) is 12.9. The summed E-state index contributed by atoms with van der Waals surface area (Å²) in [6, 6.07) is 31.6. The summed E-state index contributed by atoms with van der Waals surface area (Å²) in [6.45, 7) is 2.03. The third-order valence-electron chi connectivity index (χ3n) is 8.54. The van der Waals surface area contributed by atoms with E-state index < -0.39 is 17.3 Å². The molecular weight excluding hydrogens is 472 g/mol. The molecule has 0 aromatic heterocycles. The number of carbonyl (C=O) groups excluding carboxylic acids is 2. The highest BCUT2D eigenvalue weighted by molar-refractivity contribution is 6.25. The van der Waals surface area contributed by atoms with Crippen molar-refractivity contribution in [2.45, 2.75) is 18.3 Å². The molecule has 2 atom stereocenters. The maximum absolute atomic E-state index is 14.4. The number of carbonyl (C=O) groups is 2. The van der Waals surface area contributed by atoms with Crippen molar-refractivity contribution in [3.63, 3.8) is 0 Å². The number of hydrogen-bond donors (Lipinski definition) is 0. The molecule has 5 nitrogen and oxygen atoms in total. The van der Waals surface area contributed by atoms with Crippen LogP contribution in [0.5, 0.6) is 5.75 Å². The molecule has 0 N–H and O–H groups in total. The van der Waals surface area contributed by atoms with E-state index in [1.807, 2.05) is 61.7 Å². The first-order valence-corrected chi connectivity index (χ1v) is 12.9. The number of hydrogen-bond acceptors (Lipinski definition) is 4. The van der Waals surface area contributed by atoms with Gasteiger partial charge in [0, 0.05) is 12.1 Å². The molecule has 186 valence electrons. The lowest BCUT2D eigenvalue weighted by molar-refractivity contribution is -0.122. The van der Waals surface area contributed by atoms with Crippen LogP contribution in [-0.4, -0.2) is 25.1 Å². The minimum Gasteiger partial charge on any atom is -0.497 e. The molecule has 1 heterocycles. The van der Waals surface area contributed by atoms with Crippen molar-refractivity contribution < 1.29 is 14.3 Å². The van der Waals surface area contributed by atoms with Crippen molar-refractivity contribution in [2.24, 2.45) is 16.8 Å². The molecular formula is C33H26N2O3. The van der Waals surface area contributed by atoms with E-state index in [0.29, 0.717) is 11.4 Å². The van der Waals surface area contributed by atoms with Crippen molar-refractivity contribution in [1.29, 1.82) is 0 Å². The van der Waals surface area contributed by atoms with Crippen LogP contribution in [0.3, 0.4) is 0 Å². The number of imide groups is 1. The van der Waals surface area contributed by atoms with E-state index in [0.717, 1.165) is 33.5 Å². The van der Waals surface area contributed by atoms with E-state index >= 15 is 0 Å². The third kappa shape index (κ3) is 2.90. The molecule has 2 bridgehead atoms. The Hall–Kier alpha value is -4.51. The van der Waals surface area contributed by atoms with Crippen molar-refractivity contribution in [3.05, 3.63) is 125 Å². The van der Waals surface area contributed by atoms with Crippen molar-refractivity contribution in [2.75, 3.05) is 12.0 Å². The second kappa shape index (κ2) is 8.25. The highest BCUT2D eigenvalue weighted by Gasteiger charge is 2.67. The standard InChI is InChI=1S/C33H26N2O3/c1-20-9-3-8-14-27(20)34-19-33-25-12-6-4-10-23(25)28(24-11-5-7-13-26(24)33)29-30(33)32(37)35(31(29)36)21-15-17-22(38-2)18-16-21/h3-19,28-30H,1-2H3/t28?,29-,30-,33?/m0/s1. The molecule has 38 heavy (non-hydrogen) atoms. The van der Waals surface area contributed by atoms with Gasteiger partial charge >= 0.3 is 0 Å². The van der Waals surface area contributed by atoms with E-state index in [1.54, 1.807) is 31.4 Å². The average Bonchev–Trinajstić information content (AvgIpc) is 3.23. The SMILES string of the molecule is COc1ccc(N2C(=O)[C@@H]3[C@@H](C2=O)C2c4ccccc4C3(C=Nc3ccccc3C)c3ccccc32)cc1. The molecule has 1 saturated heterocycles. The Labute approximate surface area is 221 Å². The fourth-order valence-corrected chi connectivity index (χ4v) is 6.92. The van der Waals surface area contributed by atoms with Gasteiger partial charge < -0.3 is 4.74 Å². The molecule has 3 aliphatic carbocycles. The Balaban J connectivity index is 1.49. The number of rotatable bonds is 4. The Morgan fingerprint density at radius 2 is 1.39 bits per heavy atom. The topological polar surface area (TPSA) is 59.0 Å². The van der Waals surface area contributed by atoms with E-state index in [2.05, 4.69) is 24.3 Å². The summed E-state index contributed by atoms with van der Waals surface area (Å²) in [6.07, 6.45) is 1.95. The number of nitrogens with zero attached hydrogens (tertiary/aromatic N) is 2. The van der Waals surface area contributed by atoms with Gasteiger partial charge in [0.15, 0.2) is 0 Å². The number of benzene rings is 4. The van der Waals surface area contributed by atoms with Crippen LogP contribution in [-0.2, 0) is 15.0 Å². The van der Waals surface area contributed by atoms with Gasteiger partial charge in [-0.25, -0.2) is 4.90 Å². The van der Waals surface area contributed by atoms with Gasteiger partial charge in [0.1, 0.15) is 5.75 Å². The number of amides is 2. The van der Waals surface area contributed by atoms with Gasteiger partial charge in [-0.05, 0) is 65.1 Å². The largest absolute Gasteiger partial charge is 0.497 e. The summed E-state index contributed by atoms with van der Waals surface area (Å²) < 4.78 is 5.30. The van der Waals surface area contributed by atoms with Crippen LogP contribution >= 0.6 is 0 Å². The maximum atomic E-state index is 14.4. The molecule has 4 aliphatic rings. The van der Waals surface area contributed by atoms with Crippen LogP contribution in [0, 0.1) is 18.8 Å². The second-order valence-corrected chi connectivity index (χ2v) is 10.3. The zero-order valence-electron chi connectivity index (χ0n) is 21.2. The third-order valence-corrected chi connectivity index (χ3v) is 8.54. The lowest BCUT2D eigenvalue weighted by Crippen LogP contribution is -2.54. The smallest absolute Gasteiger partial charge is 0.239 e. The molecule has 0 radical (unpaired) electrons. The first kappa shape index (κ1) is 22.7. The molecule has 2 amide bonds. The van der Waals surface area contributed by atoms with Gasteiger partial charge in [0.2, 0.25) is 11.8 Å². The van der Waals surface area contributed by atoms with E-state index in [9.17, 15) is 9.59 Å². The number of aryl methyl sites for hydroxylation is 1. The summed E-state index contributed by atoms with van der Waals surface area (Å²) in [7, 11) is 1.60. The Morgan fingerprint density at radius 1 is 0.789 bits per heavy atom. The second-order valence-electron chi connectivity index (χ2n) is 10.3. The normalized spacial score (nSPS) is 24.9. The zero-order chi connectivity index (χ0) is 26.0. The highest BCUT2D eigenvalue weighted by atomic mass is 16.5. The maximum Gasteiger partial charge on any atom is 0.239 e. The quantitative estimate of drug-likeness (QED) is 0.258. The number of aliphatic imine (C=N–C) groups is 1. The van der Waals surface area contributed by atoms with Gasteiger partial charge in [0.25, 0.3) is 0 Å². The van der Waals surface area contributed by atoms with Crippen LogP contribution in [0.2, 0.25) is 0 Å². The summed E-state index contributed by atoms with van der Waals surface area (Å²) in [4.78, 5) is 35.0. The predicted octanol–water partition coefficient (Wildman–Crippen LogP) is 5.96. The monoisotopic (exact) mass is 498 g/mol. The van der Waals surface area contributed by atoms with E-state index in [4.69, 9.17) is 9.73 Å². The lowest BCUT2D eigenvalue weighted by atomic mass is 9.47. The Morgan fingerprint density at radius 3 is 2.03 bits per heavy atom. The average molecular weight is 499 g/mol. The Bertz CT molecular complexity index is 1590. The summed E-state index contributed by atoms with van der Waals surface area (Å²) in [5.41, 5.74) is 5.90. The summed E-state index contributed by atoms with van der Waals surface area (Å²) in [5, 5.41) is 0. The van der Waals surface area contributed by atoms with Crippen molar-refractivity contribution >= 4 is 29.4 Å². The van der Waals surface area contributed by atoms with Crippen LogP contribution < -0.4 is 9.64 Å². The molecule has 0 spiro atoms. The van der Waals surface area contributed by atoms with Crippen LogP contribution in [0.4, 0.5) is 11.4 Å². The van der Waals surface area contributed by atoms with Crippen LogP contribution in [0.15, 0.2) is 102 Å². The number of para-hydroxylation sites is 1. The summed E-state index contributed by atoms with van der Waals surface area (Å²) in [5.74, 6) is -0.978. The minimum absolute atomic E-state index is 0.159. The zero-order valence-corrected chi connectivity index (χ0v) is 21.2. The summed E-state index contributed by atoms with van der Waals surface area (Å²) >= 11 is 0. The molecule has 1 aliphatic heterocycles. The number of methoxy groups -OCH3 is 1. The van der Waals surface area contributed by atoms with E-state index in [-0.39, 0.29) is 17.7 Å². The van der Waals surface area contributed by atoms with Crippen LogP contribution in [0.25, 0.3) is 0 Å². The van der Waals surface area contributed by atoms with Crippen molar-refractivity contribution in [1.82, 2.24) is 0 Å². The number of ether oxygens (including phenoxy) is 1. The molecule has 4 aromatic carbocycles. The molecule has 5 heteroatoms. The van der Waals surface area contributed by atoms with Crippen LogP contribution in [0.1, 0.15) is 33.7 Å². The van der Waals surface area contributed by atoms with Gasteiger partial charge in [-0.3, -0.25) is 14.6 Å². The van der Waals surface area contributed by atoms with Gasteiger partial charge in [-0.2, -0.15) is 0 Å². The van der Waals surface area contributed by atoms with Crippen molar-refractivity contribution in [3.8, 4) is 5.75 Å². The molecule has 0 unspecified atom stereocenters. The Kier molecular flexibility index (Phi) is 4.92. The fraction of sp³-hybridized carbons (Fsp3) is 0.182.